The van der Waals surface area contributed by atoms with Gasteiger partial charge in [0.05, 0.1) is 0 Å². The van der Waals surface area contributed by atoms with Crippen molar-refractivity contribution in [3.63, 3.8) is 0 Å². The number of anilines is 1. The molecule has 1 saturated heterocycles. The first-order chi connectivity index (χ1) is 13.7. The number of nitrogens with zero attached hydrogens (tertiary/aromatic N) is 2. The van der Waals surface area contributed by atoms with Crippen LogP contribution < -0.4 is 5.32 Å². The molecule has 1 N–H and O–H groups in total. The molecule has 1 aliphatic rings. The van der Waals surface area contributed by atoms with Gasteiger partial charge in [0, 0.05) is 30.6 Å². The van der Waals surface area contributed by atoms with Crippen LogP contribution in [-0.2, 0) is 16.0 Å². The maximum absolute atomic E-state index is 12.6. The Hall–Kier alpha value is -2.83. The third kappa shape index (κ3) is 5.59. The molecule has 1 aliphatic heterocycles. The van der Waals surface area contributed by atoms with Crippen molar-refractivity contribution >= 4 is 17.9 Å². The molecule has 2 amide bonds. The predicted octanol–water partition coefficient (Wildman–Crippen LogP) is 4.49. The number of carbonyl (C=O) groups is 2. The van der Waals surface area contributed by atoms with Crippen LogP contribution in [0.2, 0.25) is 0 Å². The summed E-state index contributed by atoms with van der Waals surface area (Å²) in [6, 6.07) is 9.83. The molecule has 0 unspecified atom stereocenters. The number of piperidine rings is 1. The number of amides is 2. The fourth-order valence-electron chi connectivity index (χ4n) is 3.26. The lowest BCUT2D eigenvalue weighted by molar-refractivity contribution is -0.121. The average molecular weight is 399 g/mol. The number of ether oxygens (including phenoxy) is 1. The molecular weight excluding hydrogens is 370 g/mol. The zero-order valence-electron chi connectivity index (χ0n) is 17.5. The highest BCUT2D eigenvalue weighted by atomic mass is 16.6. The summed E-state index contributed by atoms with van der Waals surface area (Å²) in [5, 5.41) is 6.85. The largest absolute Gasteiger partial charge is 0.444 e. The zero-order valence-corrected chi connectivity index (χ0v) is 17.5. The van der Waals surface area contributed by atoms with Crippen LogP contribution in [0, 0.1) is 5.92 Å². The SMILES string of the molecule is CCc1ccc(-c2cc(NC(=O)C3CCN(C(=O)OC(C)(C)C)CC3)on2)cc1. The standard InChI is InChI=1S/C22H29N3O4/c1-5-15-6-8-16(9-7-15)18-14-19(29-24-18)23-20(26)17-10-12-25(13-11-17)21(27)28-22(2,3)4/h6-9,14,17H,5,10-13H2,1-4H3,(H,23,26). The van der Waals surface area contributed by atoms with Gasteiger partial charge in [-0.25, -0.2) is 4.79 Å². The molecule has 1 fully saturated rings. The second-order valence-electron chi connectivity index (χ2n) is 8.36. The molecule has 0 bridgehead atoms. The Labute approximate surface area is 171 Å². The molecule has 7 heteroatoms. The first-order valence-electron chi connectivity index (χ1n) is 10.1. The fourth-order valence-corrected chi connectivity index (χ4v) is 3.26. The Kier molecular flexibility index (Phi) is 6.25. The second-order valence-corrected chi connectivity index (χ2v) is 8.36. The average Bonchev–Trinajstić information content (AvgIpc) is 3.15. The van der Waals surface area contributed by atoms with Crippen LogP contribution in [0.3, 0.4) is 0 Å². The Morgan fingerprint density at radius 1 is 1.21 bits per heavy atom. The minimum atomic E-state index is -0.522. The van der Waals surface area contributed by atoms with E-state index in [2.05, 4.69) is 29.5 Å². The van der Waals surface area contributed by atoms with Gasteiger partial charge in [-0.15, -0.1) is 0 Å². The van der Waals surface area contributed by atoms with Crippen molar-refractivity contribution in [3.05, 3.63) is 35.9 Å². The molecule has 0 radical (unpaired) electrons. The first-order valence-corrected chi connectivity index (χ1v) is 10.1. The molecule has 0 saturated carbocycles. The number of benzene rings is 1. The van der Waals surface area contributed by atoms with Gasteiger partial charge in [-0.1, -0.05) is 36.3 Å². The van der Waals surface area contributed by atoms with Gasteiger partial charge in [0.2, 0.25) is 11.8 Å². The van der Waals surface area contributed by atoms with E-state index in [1.165, 1.54) is 5.56 Å². The minimum absolute atomic E-state index is 0.113. The van der Waals surface area contributed by atoms with Crippen LogP contribution in [0.5, 0.6) is 0 Å². The van der Waals surface area contributed by atoms with Crippen molar-refractivity contribution in [1.82, 2.24) is 10.1 Å². The second kappa shape index (κ2) is 8.68. The molecule has 0 spiro atoms. The Morgan fingerprint density at radius 2 is 1.86 bits per heavy atom. The third-order valence-electron chi connectivity index (χ3n) is 4.93. The Bertz CT molecular complexity index is 844. The number of likely N-dealkylation sites (tertiary alicyclic amines) is 1. The third-order valence-corrected chi connectivity index (χ3v) is 4.93. The molecule has 1 aromatic heterocycles. The van der Waals surface area contributed by atoms with Gasteiger partial charge in [-0.2, -0.15) is 0 Å². The van der Waals surface area contributed by atoms with E-state index >= 15 is 0 Å². The highest BCUT2D eigenvalue weighted by molar-refractivity contribution is 5.92. The molecule has 0 aliphatic carbocycles. The molecule has 7 nitrogen and oxygen atoms in total. The molecule has 2 aromatic rings. The van der Waals surface area contributed by atoms with Crippen molar-refractivity contribution < 1.29 is 18.8 Å². The monoisotopic (exact) mass is 399 g/mol. The van der Waals surface area contributed by atoms with Crippen LogP contribution in [0.15, 0.2) is 34.9 Å². The minimum Gasteiger partial charge on any atom is -0.444 e. The van der Waals surface area contributed by atoms with E-state index in [1.807, 2.05) is 32.9 Å². The van der Waals surface area contributed by atoms with E-state index in [-0.39, 0.29) is 17.9 Å². The van der Waals surface area contributed by atoms with Gasteiger partial charge < -0.3 is 14.2 Å². The maximum Gasteiger partial charge on any atom is 0.410 e. The molecular formula is C22H29N3O4. The summed E-state index contributed by atoms with van der Waals surface area (Å²) in [6.07, 6.45) is 1.83. The van der Waals surface area contributed by atoms with E-state index in [4.69, 9.17) is 9.26 Å². The lowest BCUT2D eigenvalue weighted by Crippen LogP contribution is -2.43. The van der Waals surface area contributed by atoms with Gasteiger partial charge in [-0.3, -0.25) is 10.1 Å². The highest BCUT2D eigenvalue weighted by Crippen LogP contribution is 2.25. The van der Waals surface area contributed by atoms with Crippen molar-refractivity contribution in [2.24, 2.45) is 5.92 Å². The summed E-state index contributed by atoms with van der Waals surface area (Å²) in [5.74, 6) is 0.0445. The smallest absolute Gasteiger partial charge is 0.410 e. The summed E-state index contributed by atoms with van der Waals surface area (Å²) < 4.78 is 10.7. The summed E-state index contributed by atoms with van der Waals surface area (Å²) in [4.78, 5) is 26.4. The summed E-state index contributed by atoms with van der Waals surface area (Å²) in [6.45, 7) is 8.63. The summed E-state index contributed by atoms with van der Waals surface area (Å²) >= 11 is 0. The Balaban J connectivity index is 1.52. The van der Waals surface area contributed by atoms with Crippen LogP contribution in [0.4, 0.5) is 10.7 Å². The van der Waals surface area contributed by atoms with E-state index in [0.717, 1.165) is 12.0 Å². The summed E-state index contributed by atoms with van der Waals surface area (Å²) in [5.41, 5.74) is 2.36. The van der Waals surface area contributed by atoms with E-state index in [1.54, 1.807) is 11.0 Å². The van der Waals surface area contributed by atoms with Gasteiger partial charge in [0.25, 0.3) is 0 Å². The molecule has 2 heterocycles. The number of hydrogen-bond acceptors (Lipinski definition) is 5. The number of carbonyl (C=O) groups excluding carboxylic acids is 2. The van der Waals surface area contributed by atoms with Crippen molar-refractivity contribution in [2.75, 3.05) is 18.4 Å². The number of hydrogen-bond donors (Lipinski definition) is 1. The lowest BCUT2D eigenvalue weighted by Gasteiger charge is -2.32. The molecule has 156 valence electrons. The lowest BCUT2D eigenvalue weighted by atomic mass is 9.96. The van der Waals surface area contributed by atoms with Crippen molar-refractivity contribution in [2.45, 2.75) is 52.6 Å². The quantitative estimate of drug-likeness (QED) is 0.819. The van der Waals surface area contributed by atoms with E-state index < -0.39 is 5.60 Å². The van der Waals surface area contributed by atoms with Crippen molar-refractivity contribution in [3.8, 4) is 11.3 Å². The highest BCUT2D eigenvalue weighted by Gasteiger charge is 2.30. The first kappa shape index (κ1) is 20.9. The van der Waals surface area contributed by atoms with Gasteiger partial charge in [0.1, 0.15) is 11.3 Å². The molecule has 29 heavy (non-hydrogen) atoms. The van der Waals surface area contributed by atoms with Crippen LogP contribution >= 0.6 is 0 Å². The van der Waals surface area contributed by atoms with Gasteiger partial charge in [0.15, 0.2) is 0 Å². The predicted molar refractivity (Wildman–Crippen MR) is 110 cm³/mol. The topological polar surface area (TPSA) is 84.7 Å². The van der Waals surface area contributed by atoms with Crippen LogP contribution in [0.25, 0.3) is 11.3 Å². The Morgan fingerprint density at radius 3 is 2.45 bits per heavy atom. The number of aryl methyl sites for hydroxylation is 1. The van der Waals surface area contributed by atoms with Crippen LogP contribution in [-0.4, -0.2) is 40.7 Å². The van der Waals surface area contributed by atoms with Crippen LogP contribution in [0.1, 0.15) is 46.1 Å². The van der Waals surface area contributed by atoms with Gasteiger partial charge >= 0.3 is 6.09 Å². The van der Waals surface area contributed by atoms with Gasteiger partial charge in [-0.05, 0) is 45.6 Å². The van der Waals surface area contributed by atoms with E-state index in [9.17, 15) is 9.59 Å². The number of nitrogens with one attached hydrogen (secondary N) is 1. The van der Waals surface area contributed by atoms with Crippen molar-refractivity contribution in [1.29, 1.82) is 0 Å². The summed E-state index contributed by atoms with van der Waals surface area (Å²) in [7, 11) is 0. The molecule has 1 aromatic carbocycles. The molecule has 0 atom stereocenters. The number of aromatic nitrogens is 1. The molecule has 3 rings (SSSR count). The fraction of sp³-hybridized carbons (Fsp3) is 0.500. The normalized spacial score (nSPS) is 15.2. The number of rotatable bonds is 4. The zero-order chi connectivity index (χ0) is 21.0. The van der Waals surface area contributed by atoms with E-state index in [0.29, 0.717) is 37.5 Å². The maximum atomic E-state index is 12.6.